The molecule has 0 radical (unpaired) electrons. The molecule has 2 aliphatic heterocycles. The predicted octanol–water partition coefficient (Wildman–Crippen LogP) is 0.122. The van der Waals surface area contributed by atoms with Gasteiger partial charge in [-0.25, -0.2) is 8.42 Å². The van der Waals surface area contributed by atoms with E-state index in [-0.39, 0.29) is 12.7 Å². The molecule has 0 atom stereocenters. The maximum atomic E-state index is 11.9. The number of carbonyl (C=O) groups is 1. The summed E-state index contributed by atoms with van der Waals surface area (Å²) in [6, 6.07) is 5.50. The smallest absolute Gasteiger partial charge is 0.244 e. The third-order valence-corrected chi connectivity index (χ3v) is 5.65. The number of ether oxygens (including phenoxy) is 2. The normalized spacial score (nSPS) is 18.3. The highest BCUT2D eigenvalue weighted by molar-refractivity contribution is 7.88. The van der Waals surface area contributed by atoms with Gasteiger partial charge in [0.2, 0.25) is 22.7 Å². The van der Waals surface area contributed by atoms with Crippen molar-refractivity contribution in [1.82, 2.24) is 14.5 Å². The fraction of sp³-hybridized carbons (Fsp3) is 0.471. The van der Waals surface area contributed by atoms with Crippen LogP contribution in [0.3, 0.4) is 0 Å². The summed E-state index contributed by atoms with van der Waals surface area (Å²) in [6.07, 6.45) is 4.44. The van der Waals surface area contributed by atoms with Crippen LogP contribution in [0, 0.1) is 0 Å². The van der Waals surface area contributed by atoms with Crippen molar-refractivity contribution >= 4 is 22.0 Å². The molecule has 9 heteroatoms. The summed E-state index contributed by atoms with van der Waals surface area (Å²) < 4.78 is 35.0. The second-order valence-electron chi connectivity index (χ2n) is 6.24. The first-order chi connectivity index (χ1) is 12.4. The van der Waals surface area contributed by atoms with Crippen LogP contribution < -0.4 is 14.8 Å². The van der Waals surface area contributed by atoms with Gasteiger partial charge in [-0.1, -0.05) is 6.07 Å². The quantitative estimate of drug-likeness (QED) is 0.705. The Morgan fingerprint density at radius 3 is 2.65 bits per heavy atom. The lowest BCUT2D eigenvalue weighted by Crippen LogP contribution is -2.49. The molecule has 26 heavy (non-hydrogen) atoms. The number of fused-ring (bicyclic) bond motifs is 1. The molecule has 1 fully saturated rings. The molecule has 3 rings (SSSR count). The molecule has 0 spiro atoms. The van der Waals surface area contributed by atoms with E-state index in [0.29, 0.717) is 50.8 Å². The minimum Gasteiger partial charge on any atom is -0.454 e. The van der Waals surface area contributed by atoms with Gasteiger partial charge >= 0.3 is 0 Å². The van der Waals surface area contributed by atoms with E-state index in [1.165, 1.54) is 16.6 Å². The van der Waals surface area contributed by atoms with Crippen molar-refractivity contribution in [3.63, 3.8) is 0 Å². The molecule has 8 nitrogen and oxygen atoms in total. The molecule has 2 aliphatic rings. The number of carbonyl (C=O) groups excluding carboxylic acids is 1. The Hall–Kier alpha value is -2.10. The van der Waals surface area contributed by atoms with Crippen LogP contribution in [0.25, 0.3) is 6.08 Å². The van der Waals surface area contributed by atoms with E-state index in [4.69, 9.17) is 9.47 Å². The van der Waals surface area contributed by atoms with E-state index in [9.17, 15) is 13.2 Å². The molecule has 1 saturated heterocycles. The number of piperazine rings is 1. The maximum absolute atomic E-state index is 11.9. The van der Waals surface area contributed by atoms with Gasteiger partial charge in [-0.3, -0.25) is 9.69 Å². The Bertz CT molecular complexity index is 786. The van der Waals surface area contributed by atoms with Crippen molar-refractivity contribution in [1.29, 1.82) is 0 Å². The first-order valence-electron chi connectivity index (χ1n) is 8.45. The number of benzene rings is 1. The Labute approximate surface area is 153 Å². The molecule has 0 bridgehead atoms. The molecule has 0 aliphatic carbocycles. The van der Waals surface area contributed by atoms with Gasteiger partial charge in [-0.2, -0.15) is 4.31 Å². The fourth-order valence-corrected chi connectivity index (χ4v) is 3.70. The van der Waals surface area contributed by atoms with Crippen LogP contribution in [-0.2, 0) is 14.8 Å². The molecule has 0 unspecified atom stereocenters. The van der Waals surface area contributed by atoms with Crippen LogP contribution >= 0.6 is 0 Å². The topological polar surface area (TPSA) is 88.2 Å². The summed E-state index contributed by atoms with van der Waals surface area (Å²) in [7, 11) is -3.11. The fourth-order valence-electron chi connectivity index (χ4n) is 2.87. The van der Waals surface area contributed by atoms with Gasteiger partial charge in [0.05, 0.1) is 6.26 Å². The SMILES string of the molecule is CS(=O)(=O)N1CCN(CCNC(=O)C=Cc2ccc3c(c2)OCO3)CC1. The summed E-state index contributed by atoms with van der Waals surface area (Å²) >= 11 is 0. The first kappa shape index (κ1) is 18.7. The van der Waals surface area contributed by atoms with Crippen molar-refractivity contribution in [2.45, 2.75) is 0 Å². The van der Waals surface area contributed by atoms with E-state index < -0.39 is 10.0 Å². The van der Waals surface area contributed by atoms with E-state index >= 15 is 0 Å². The average molecular weight is 381 g/mol. The summed E-state index contributed by atoms with van der Waals surface area (Å²) in [5, 5.41) is 2.84. The number of sulfonamides is 1. The summed E-state index contributed by atoms with van der Waals surface area (Å²) in [5.41, 5.74) is 0.862. The summed E-state index contributed by atoms with van der Waals surface area (Å²) in [5.74, 6) is 1.22. The zero-order valence-electron chi connectivity index (χ0n) is 14.7. The first-order valence-corrected chi connectivity index (χ1v) is 10.3. The van der Waals surface area contributed by atoms with E-state index in [1.54, 1.807) is 6.08 Å². The Morgan fingerprint density at radius 1 is 1.19 bits per heavy atom. The monoisotopic (exact) mass is 381 g/mol. The zero-order chi connectivity index (χ0) is 18.6. The van der Waals surface area contributed by atoms with Gasteiger partial charge in [-0.05, 0) is 23.8 Å². The van der Waals surface area contributed by atoms with Crippen LogP contribution in [0.1, 0.15) is 5.56 Å². The highest BCUT2D eigenvalue weighted by Crippen LogP contribution is 2.32. The largest absolute Gasteiger partial charge is 0.454 e. The second kappa shape index (κ2) is 8.07. The number of nitrogens with one attached hydrogen (secondary N) is 1. The molecule has 142 valence electrons. The van der Waals surface area contributed by atoms with E-state index in [1.807, 2.05) is 18.2 Å². The highest BCUT2D eigenvalue weighted by atomic mass is 32.2. The molecule has 1 aromatic rings. The lowest BCUT2D eigenvalue weighted by atomic mass is 10.2. The zero-order valence-corrected chi connectivity index (χ0v) is 15.5. The van der Waals surface area contributed by atoms with Crippen LogP contribution in [0.2, 0.25) is 0 Å². The molecule has 0 aromatic heterocycles. The highest BCUT2D eigenvalue weighted by Gasteiger charge is 2.22. The lowest BCUT2D eigenvalue weighted by molar-refractivity contribution is -0.116. The summed E-state index contributed by atoms with van der Waals surface area (Å²) in [4.78, 5) is 14.1. The third kappa shape index (κ3) is 4.96. The molecular weight excluding hydrogens is 358 g/mol. The minimum absolute atomic E-state index is 0.169. The second-order valence-corrected chi connectivity index (χ2v) is 8.22. The Balaban J connectivity index is 1.38. The van der Waals surface area contributed by atoms with Gasteiger partial charge in [0.25, 0.3) is 0 Å². The van der Waals surface area contributed by atoms with Gasteiger partial charge in [0.1, 0.15) is 0 Å². The molecule has 1 aromatic carbocycles. The predicted molar refractivity (Wildman–Crippen MR) is 97.5 cm³/mol. The van der Waals surface area contributed by atoms with E-state index in [2.05, 4.69) is 10.2 Å². The van der Waals surface area contributed by atoms with Crippen molar-refractivity contribution in [3.05, 3.63) is 29.8 Å². The number of hydrogen-bond donors (Lipinski definition) is 1. The van der Waals surface area contributed by atoms with Gasteiger partial charge < -0.3 is 14.8 Å². The number of nitrogens with zero attached hydrogens (tertiary/aromatic N) is 2. The van der Waals surface area contributed by atoms with Gasteiger partial charge in [0, 0.05) is 45.3 Å². The minimum atomic E-state index is -3.11. The Morgan fingerprint density at radius 2 is 1.92 bits per heavy atom. The van der Waals surface area contributed by atoms with Crippen molar-refractivity contribution in [2.24, 2.45) is 0 Å². The van der Waals surface area contributed by atoms with Crippen LogP contribution in [0.15, 0.2) is 24.3 Å². The Kier molecular flexibility index (Phi) is 5.80. The molecular formula is C17H23N3O5S. The molecule has 0 saturated carbocycles. The number of hydrogen-bond acceptors (Lipinski definition) is 6. The number of amides is 1. The average Bonchev–Trinajstić information content (AvgIpc) is 3.07. The lowest BCUT2D eigenvalue weighted by Gasteiger charge is -2.33. The molecule has 2 heterocycles. The van der Waals surface area contributed by atoms with E-state index in [0.717, 1.165) is 5.56 Å². The maximum Gasteiger partial charge on any atom is 0.244 e. The third-order valence-electron chi connectivity index (χ3n) is 4.35. The van der Waals surface area contributed by atoms with Gasteiger partial charge in [0.15, 0.2) is 11.5 Å². The molecule has 1 N–H and O–H groups in total. The van der Waals surface area contributed by atoms with Crippen molar-refractivity contribution in [2.75, 3.05) is 52.3 Å². The van der Waals surface area contributed by atoms with Crippen LogP contribution in [-0.4, -0.2) is 75.8 Å². The van der Waals surface area contributed by atoms with Gasteiger partial charge in [-0.15, -0.1) is 0 Å². The summed E-state index contributed by atoms with van der Waals surface area (Å²) in [6.45, 7) is 3.78. The van der Waals surface area contributed by atoms with Crippen LogP contribution in [0.5, 0.6) is 11.5 Å². The molecule has 1 amide bonds. The van der Waals surface area contributed by atoms with Crippen molar-refractivity contribution in [3.8, 4) is 11.5 Å². The van der Waals surface area contributed by atoms with Crippen LogP contribution in [0.4, 0.5) is 0 Å². The number of rotatable bonds is 6. The standard InChI is InChI=1S/C17H23N3O5S/c1-26(22,23)20-10-8-19(9-11-20)7-6-18-17(21)5-3-14-2-4-15-16(12-14)25-13-24-15/h2-5,12H,6-11,13H2,1H3,(H,18,21). The van der Waals surface area contributed by atoms with Crippen molar-refractivity contribution < 1.29 is 22.7 Å².